The zero-order chi connectivity index (χ0) is 21.8. The molecule has 0 saturated carbocycles. The molecule has 3 aromatic rings. The van der Waals surface area contributed by atoms with Crippen LogP contribution in [0, 0.1) is 6.92 Å². The van der Waals surface area contributed by atoms with Crippen LogP contribution < -0.4 is 19.5 Å². The Morgan fingerprint density at radius 1 is 1.12 bits per heavy atom. The summed E-state index contributed by atoms with van der Waals surface area (Å²) in [7, 11) is 0. The number of alkyl halides is 2. The Labute approximate surface area is 190 Å². The van der Waals surface area contributed by atoms with Gasteiger partial charge in [0.2, 0.25) is 0 Å². The molecule has 4 rings (SSSR count). The van der Waals surface area contributed by atoms with E-state index in [2.05, 4.69) is 36.9 Å². The molecule has 1 atom stereocenters. The second-order valence-corrected chi connectivity index (χ2v) is 6.99. The summed E-state index contributed by atoms with van der Waals surface area (Å²) in [6.07, 6.45) is 4.66. The lowest BCUT2D eigenvalue weighted by Gasteiger charge is -2.22. The molecule has 32 heavy (non-hydrogen) atoms. The molecule has 1 aliphatic rings. The van der Waals surface area contributed by atoms with Crippen molar-refractivity contribution in [2.24, 2.45) is 0 Å². The minimum atomic E-state index is -2.92. The molecule has 0 aromatic carbocycles. The minimum Gasteiger partial charge on any atom is -0.484 e. The summed E-state index contributed by atoms with van der Waals surface area (Å²) < 4.78 is 41.0. The molecular formula is C21H23F2N5O3S. The molecular weight excluding hydrogens is 440 g/mol. The number of anilines is 1. The van der Waals surface area contributed by atoms with E-state index in [-0.39, 0.29) is 25.2 Å². The van der Waals surface area contributed by atoms with Crippen molar-refractivity contribution in [1.82, 2.24) is 19.9 Å². The molecule has 0 unspecified atom stereocenters. The molecule has 170 valence electrons. The Morgan fingerprint density at radius 3 is 2.75 bits per heavy atom. The van der Waals surface area contributed by atoms with Crippen LogP contribution in [0.15, 0.2) is 36.9 Å². The third-order valence-electron chi connectivity index (χ3n) is 4.81. The minimum absolute atomic E-state index is 0. The maximum absolute atomic E-state index is 12.6. The van der Waals surface area contributed by atoms with Crippen molar-refractivity contribution in [3.8, 4) is 28.6 Å². The first-order valence-corrected chi connectivity index (χ1v) is 9.73. The highest BCUT2D eigenvalue weighted by atomic mass is 32.1. The predicted molar refractivity (Wildman–Crippen MR) is 119 cm³/mol. The SMILES string of the molecule is Cc1ncc(-c2cc(NC[C@@H](C)c3ccnc4c3OCCO4)ncn2)cc1OC(F)F.S. The van der Waals surface area contributed by atoms with Gasteiger partial charge in [-0.15, -0.1) is 0 Å². The number of hydrogen-bond donors (Lipinski definition) is 1. The summed E-state index contributed by atoms with van der Waals surface area (Å²) in [5.41, 5.74) is 2.45. The van der Waals surface area contributed by atoms with Crippen molar-refractivity contribution < 1.29 is 23.0 Å². The smallest absolute Gasteiger partial charge is 0.387 e. The summed E-state index contributed by atoms with van der Waals surface area (Å²) in [6.45, 7) is 2.28. The maximum Gasteiger partial charge on any atom is 0.387 e. The molecule has 1 N–H and O–H groups in total. The fourth-order valence-electron chi connectivity index (χ4n) is 3.21. The number of aromatic nitrogens is 4. The number of nitrogens with one attached hydrogen (secondary N) is 1. The van der Waals surface area contributed by atoms with Crippen molar-refractivity contribution in [2.75, 3.05) is 25.1 Å². The molecule has 0 amide bonds. The monoisotopic (exact) mass is 463 g/mol. The van der Waals surface area contributed by atoms with Gasteiger partial charge in [-0.2, -0.15) is 22.3 Å². The number of rotatable bonds is 7. The van der Waals surface area contributed by atoms with Crippen LogP contribution in [-0.4, -0.2) is 46.3 Å². The fraction of sp³-hybridized carbons (Fsp3) is 0.333. The van der Waals surface area contributed by atoms with E-state index in [9.17, 15) is 8.78 Å². The van der Waals surface area contributed by atoms with Gasteiger partial charge in [-0.25, -0.2) is 15.0 Å². The molecule has 0 bridgehead atoms. The maximum atomic E-state index is 12.6. The van der Waals surface area contributed by atoms with E-state index >= 15 is 0 Å². The van der Waals surface area contributed by atoms with Crippen LogP contribution in [0.25, 0.3) is 11.3 Å². The van der Waals surface area contributed by atoms with Crippen molar-refractivity contribution >= 4 is 19.3 Å². The highest BCUT2D eigenvalue weighted by molar-refractivity contribution is 7.59. The van der Waals surface area contributed by atoms with Crippen LogP contribution in [0.3, 0.4) is 0 Å². The third kappa shape index (κ3) is 5.34. The van der Waals surface area contributed by atoms with E-state index in [0.29, 0.717) is 54.2 Å². The number of aryl methyl sites for hydroxylation is 1. The number of halogens is 2. The van der Waals surface area contributed by atoms with Gasteiger partial charge in [-0.3, -0.25) is 4.98 Å². The third-order valence-corrected chi connectivity index (χ3v) is 4.81. The van der Waals surface area contributed by atoms with Gasteiger partial charge in [0, 0.05) is 42.0 Å². The van der Waals surface area contributed by atoms with Gasteiger partial charge in [0.1, 0.15) is 31.1 Å². The van der Waals surface area contributed by atoms with E-state index in [0.717, 1.165) is 5.56 Å². The molecule has 0 saturated heterocycles. The van der Waals surface area contributed by atoms with E-state index in [1.807, 2.05) is 6.07 Å². The van der Waals surface area contributed by atoms with Crippen LogP contribution in [0.2, 0.25) is 0 Å². The van der Waals surface area contributed by atoms with Crippen LogP contribution in [-0.2, 0) is 0 Å². The highest BCUT2D eigenvalue weighted by Gasteiger charge is 2.21. The van der Waals surface area contributed by atoms with Gasteiger partial charge in [0.05, 0.1) is 11.4 Å². The van der Waals surface area contributed by atoms with Gasteiger partial charge in [-0.05, 0) is 19.1 Å². The van der Waals surface area contributed by atoms with E-state index < -0.39 is 6.61 Å². The molecule has 4 heterocycles. The van der Waals surface area contributed by atoms with E-state index in [1.54, 1.807) is 25.4 Å². The second kappa shape index (κ2) is 10.4. The molecule has 1 aliphatic heterocycles. The summed E-state index contributed by atoms with van der Waals surface area (Å²) in [5, 5.41) is 3.28. The lowest BCUT2D eigenvalue weighted by Crippen LogP contribution is -2.19. The summed E-state index contributed by atoms with van der Waals surface area (Å²) in [6, 6.07) is 5.13. The van der Waals surface area contributed by atoms with Crippen molar-refractivity contribution in [3.05, 3.63) is 48.2 Å². The van der Waals surface area contributed by atoms with Gasteiger partial charge < -0.3 is 19.5 Å². The molecule has 8 nitrogen and oxygen atoms in total. The molecule has 0 fully saturated rings. The molecule has 0 radical (unpaired) electrons. The standard InChI is InChI=1S/C21H21F2N5O3.H2S/c1-12(15-3-4-24-20-19(15)29-5-6-30-20)9-26-18-8-16(27-11-28-18)14-7-17(31-21(22)23)13(2)25-10-14;/h3-4,7-8,10-12,21H,5-6,9H2,1-2H3,(H,26,27,28);1H2/t12-;/m1./s1. The Bertz CT molecular complexity index is 1070. The Balaban J connectivity index is 0.00000289. The zero-order valence-corrected chi connectivity index (χ0v) is 18.5. The van der Waals surface area contributed by atoms with Crippen LogP contribution in [0.5, 0.6) is 17.4 Å². The van der Waals surface area contributed by atoms with Crippen LogP contribution in [0.4, 0.5) is 14.6 Å². The van der Waals surface area contributed by atoms with Crippen molar-refractivity contribution in [1.29, 1.82) is 0 Å². The lowest BCUT2D eigenvalue weighted by atomic mass is 10.0. The fourth-order valence-corrected chi connectivity index (χ4v) is 3.21. The van der Waals surface area contributed by atoms with Gasteiger partial charge in [0.25, 0.3) is 5.88 Å². The number of nitrogens with zero attached hydrogens (tertiary/aromatic N) is 4. The molecule has 0 aliphatic carbocycles. The first-order chi connectivity index (χ1) is 15.0. The van der Waals surface area contributed by atoms with Crippen molar-refractivity contribution in [2.45, 2.75) is 26.4 Å². The number of ether oxygens (including phenoxy) is 3. The van der Waals surface area contributed by atoms with Crippen molar-refractivity contribution in [3.63, 3.8) is 0 Å². The normalized spacial score (nSPS) is 13.3. The Hall–Kier alpha value is -3.21. The quantitative estimate of drug-likeness (QED) is 0.563. The highest BCUT2D eigenvalue weighted by Crippen LogP contribution is 2.35. The first-order valence-electron chi connectivity index (χ1n) is 9.73. The van der Waals surface area contributed by atoms with Crippen LogP contribution >= 0.6 is 13.5 Å². The molecule has 0 spiro atoms. The number of fused-ring (bicyclic) bond motifs is 1. The Kier molecular flexibility index (Phi) is 7.62. The summed E-state index contributed by atoms with van der Waals surface area (Å²) in [5.74, 6) is 1.87. The van der Waals surface area contributed by atoms with E-state index in [1.165, 1.54) is 12.4 Å². The van der Waals surface area contributed by atoms with E-state index in [4.69, 9.17) is 9.47 Å². The number of hydrogen-bond acceptors (Lipinski definition) is 8. The van der Waals surface area contributed by atoms with Crippen LogP contribution in [0.1, 0.15) is 24.1 Å². The topological polar surface area (TPSA) is 91.3 Å². The average molecular weight is 464 g/mol. The zero-order valence-electron chi connectivity index (χ0n) is 17.5. The number of pyridine rings is 2. The lowest BCUT2D eigenvalue weighted by molar-refractivity contribution is -0.0505. The van der Waals surface area contributed by atoms with Gasteiger partial charge >= 0.3 is 6.61 Å². The first kappa shape index (κ1) is 23.5. The predicted octanol–water partition coefficient (Wildman–Crippen LogP) is 3.94. The average Bonchev–Trinajstić information content (AvgIpc) is 2.78. The Morgan fingerprint density at radius 2 is 1.94 bits per heavy atom. The second-order valence-electron chi connectivity index (χ2n) is 6.99. The van der Waals surface area contributed by atoms with Gasteiger partial charge in [0.15, 0.2) is 5.75 Å². The summed E-state index contributed by atoms with van der Waals surface area (Å²) in [4.78, 5) is 16.8. The molecule has 3 aromatic heterocycles. The largest absolute Gasteiger partial charge is 0.484 e. The molecule has 11 heteroatoms. The van der Waals surface area contributed by atoms with Gasteiger partial charge in [-0.1, -0.05) is 6.92 Å². The summed E-state index contributed by atoms with van der Waals surface area (Å²) >= 11 is 0.